The minimum Gasteiger partial charge on any atom is -0.368 e. The molecule has 7 nitrogen and oxygen atoms in total. The van der Waals surface area contributed by atoms with E-state index in [9.17, 15) is 4.79 Å². The van der Waals surface area contributed by atoms with Gasteiger partial charge in [-0.05, 0) is 12.1 Å². The molecule has 4 rings (SSSR count). The maximum absolute atomic E-state index is 11.5. The predicted molar refractivity (Wildman–Crippen MR) is 88.8 cm³/mol. The molecule has 0 radical (unpaired) electrons. The van der Waals surface area contributed by atoms with Crippen LogP contribution in [0.2, 0.25) is 0 Å². The standard InChI is InChI=1S/C15H14N6OS/c22-12-8-23-15-13(20-12)14(17-9-18-15)16-5-4-10-7-21-6-2-1-3-11(21)19-10/h1-3,6-7,9H,4-5,8H2,(H,20,22)(H,16,17,18). The fraction of sp³-hybridized carbons (Fsp3) is 0.200. The van der Waals surface area contributed by atoms with E-state index in [0.29, 0.717) is 23.8 Å². The molecule has 1 aliphatic rings. The minimum absolute atomic E-state index is 0.0271. The molecule has 0 unspecified atom stereocenters. The lowest BCUT2D eigenvalue weighted by Crippen LogP contribution is -2.21. The smallest absolute Gasteiger partial charge is 0.234 e. The van der Waals surface area contributed by atoms with Gasteiger partial charge >= 0.3 is 0 Å². The zero-order chi connectivity index (χ0) is 15.6. The van der Waals surface area contributed by atoms with Crippen molar-refractivity contribution in [2.75, 3.05) is 22.9 Å². The van der Waals surface area contributed by atoms with Crippen LogP contribution in [0.5, 0.6) is 0 Å². The Labute approximate surface area is 136 Å². The van der Waals surface area contributed by atoms with Gasteiger partial charge in [0.1, 0.15) is 22.7 Å². The molecule has 0 aromatic carbocycles. The summed E-state index contributed by atoms with van der Waals surface area (Å²) in [5, 5.41) is 6.89. The number of thioether (sulfide) groups is 1. The first-order chi connectivity index (χ1) is 11.3. The second-order valence-corrected chi connectivity index (χ2v) is 6.08. The zero-order valence-electron chi connectivity index (χ0n) is 12.2. The second kappa shape index (κ2) is 5.88. The predicted octanol–water partition coefficient (Wildman–Crippen LogP) is 1.82. The Hall–Kier alpha value is -2.61. The minimum atomic E-state index is -0.0271. The molecule has 0 fully saturated rings. The Kier molecular flexibility index (Phi) is 3.58. The van der Waals surface area contributed by atoms with Crippen LogP contribution in [-0.2, 0) is 11.2 Å². The van der Waals surface area contributed by atoms with Gasteiger partial charge in [0.05, 0.1) is 11.4 Å². The molecule has 3 aromatic rings. The number of pyridine rings is 1. The lowest BCUT2D eigenvalue weighted by molar-refractivity contribution is -0.113. The molecule has 1 amide bonds. The molecular formula is C15H14N6OS. The van der Waals surface area contributed by atoms with Crippen LogP contribution in [0.4, 0.5) is 11.5 Å². The quantitative estimate of drug-likeness (QED) is 0.712. The first kappa shape index (κ1) is 14.0. The fourth-order valence-electron chi connectivity index (χ4n) is 2.45. The van der Waals surface area contributed by atoms with Crippen LogP contribution in [0.15, 0.2) is 41.9 Å². The number of anilines is 2. The van der Waals surface area contributed by atoms with Gasteiger partial charge in [0, 0.05) is 25.4 Å². The first-order valence-electron chi connectivity index (χ1n) is 7.24. The van der Waals surface area contributed by atoms with Gasteiger partial charge in [0.25, 0.3) is 0 Å². The highest BCUT2D eigenvalue weighted by Gasteiger charge is 2.20. The third-order valence-electron chi connectivity index (χ3n) is 3.50. The summed E-state index contributed by atoms with van der Waals surface area (Å²) in [5.41, 5.74) is 2.61. The van der Waals surface area contributed by atoms with Gasteiger partial charge in [0.2, 0.25) is 5.91 Å². The van der Waals surface area contributed by atoms with Crippen molar-refractivity contribution in [2.45, 2.75) is 11.4 Å². The molecule has 23 heavy (non-hydrogen) atoms. The number of nitrogens with one attached hydrogen (secondary N) is 2. The SMILES string of the molecule is O=C1CSc2ncnc(NCCc3cn4ccccc4n3)c2N1. The van der Waals surface area contributed by atoms with E-state index in [-0.39, 0.29) is 5.91 Å². The second-order valence-electron chi connectivity index (χ2n) is 5.11. The summed E-state index contributed by atoms with van der Waals surface area (Å²) in [6, 6.07) is 5.92. The number of hydrogen-bond acceptors (Lipinski definition) is 6. The summed E-state index contributed by atoms with van der Waals surface area (Å²) in [5.74, 6) is 1.02. The fourth-order valence-corrected chi connectivity index (χ4v) is 3.21. The van der Waals surface area contributed by atoms with E-state index in [1.807, 2.05) is 35.0 Å². The average molecular weight is 326 g/mol. The molecule has 2 N–H and O–H groups in total. The van der Waals surface area contributed by atoms with Crippen molar-refractivity contribution in [2.24, 2.45) is 0 Å². The van der Waals surface area contributed by atoms with Crippen LogP contribution in [0, 0.1) is 0 Å². The van der Waals surface area contributed by atoms with Gasteiger partial charge in [-0.2, -0.15) is 0 Å². The van der Waals surface area contributed by atoms with Gasteiger partial charge < -0.3 is 15.0 Å². The third-order valence-corrected chi connectivity index (χ3v) is 4.49. The lowest BCUT2D eigenvalue weighted by Gasteiger charge is -2.18. The number of carbonyl (C=O) groups is 1. The summed E-state index contributed by atoms with van der Waals surface area (Å²) in [7, 11) is 0. The number of amides is 1. The number of imidazole rings is 1. The molecular weight excluding hydrogens is 312 g/mol. The molecule has 116 valence electrons. The molecule has 0 bridgehead atoms. The topological polar surface area (TPSA) is 84.2 Å². The Balaban J connectivity index is 1.46. The Morgan fingerprint density at radius 3 is 3.22 bits per heavy atom. The number of nitrogens with zero attached hydrogens (tertiary/aromatic N) is 4. The number of rotatable bonds is 4. The largest absolute Gasteiger partial charge is 0.368 e. The number of carbonyl (C=O) groups excluding carboxylic acids is 1. The van der Waals surface area contributed by atoms with Gasteiger partial charge in [-0.25, -0.2) is 15.0 Å². The van der Waals surface area contributed by atoms with E-state index in [1.165, 1.54) is 18.1 Å². The van der Waals surface area contributed by atoms with Crippen molar-refractivity contribution in [3.63, 3.8) is 0 Å². The highest BCUT2D eigenvalue weighted by Crippen LogP contribution is 2.33. The van der Waals surface area contributed by atoms with E-state index in [4.69, 9.17) is 0 Å². The Morgan fingerprint density at radius 2 is 2.30 bits per heavy atom. The van der Waals surface area contributed by atoms with Crippen molar-refractivity contribution in [3.05, 3.63) is 42.6 Å². The zero-order valence-corrected chi connectivity index (χ0v) is 13.0. The van der Waals surface area contributed by atoms with Crippen molar-refractivity contribution in [1.82, 2.24) is 19.4 Å². The molecule has 4 heterocycles. The van der Waals surface area contributed by atoms with Crippen molar-refractivity contribution in [1.29, 1.82) is 0 Å². The summed E-state index contributed by atoms with van der Waals surface area (Å²) in [6.07, 6.45) is 6.27. The average Bonchev–Trinajstić information content (AvgIpc) is 2.98. The van der Waals surface area contributed by atoms with Crippen LogP contribution in [0.25, 0.3) is 5.65 Å². The summed E-state index contributed by atoms with van der Waals surface area (Å²) in [4.78, 5) is 24.5. The summed E-state index contributed by atoms with van der Waals surface area (Å²) < 4.78 is 2.00. The molecule has 8 heteroatoms. The number of hydrogen-bond donors (Lipinski definition) is 2. The number of aromatic nitrogens is 4. The molecule has 0 saturated carbocycles. The Morgan fingerprint density at radius 1 is 1.35 bits per heavy atom. The maximum Gasteiger partial charge on any atom is 0.234 e. The molecule has 1 aliphatic heterocycles. The van der Waals surface area contributed by atoms with Crippen LogP contribution in [-0.4, -0.2) is 37.6 Å². The van der Waals surface area contributed by atoms with E-state index in [1.54, 1.807) is 0 Å². The van der Waals surface area contributed by atoms with E-state index in [0.717, 1.165) is 22.8 Å². The van der Waals surface area contributed by atoms with Crippen LogP contribution >= 0.6 is 11.8 Å². The van der Waals surface area contributed by atoms with Gasteiger partial charge in [-0.3, -0.25) is 4.79 Å². The highest BCUT2D eigenvalue weighted by atomic mass is 32.2. The van der Waals surface area contributed by atoms with E-state index >= 15 is 0 Å². The van der Waals surface area contributed by atoms with Crippen molar-refractivity contribution in [3.8, 4) is 0 Å². The van der Waals surface area contributed by atoms with Crippen LogP contribution in [0.3, 0.4) is 0 Å². The van der Waals surface area contributed by atoms with Gasteiger partial charge in [-0.1, -0.05) is 17.8 Å². The lowest BCUT2D eigenvalue weighted by atomic mass is 10.3. The van der Waals surface area contributed by atoms with Gasteiger partial charge in [-0.15, -0.1) is 0 Å². The van der Waals surface area contributed by atoms with Crippen LogP contribution < -0.4 is 10.6 Å². The molecule has 0 aliphatic carbocycles. The number of fused-ring (bicyclic) bond motifs is 2. The first-order valence-corrected chi connectivity index (χ1v) is 8.22. The molecule has 3 aromatic heterocycles. The molecule has 0 spiro atoms. The summed E-state index contributed by atoms with van der Waals surface area (Å²) >= 11 is 1.42. The van der Waals surface area contributed by atoms with Crippen LogP contribution in [0.1, 0.15) is 5.69 Å². The van der Waals surface area contributed by atoms with E-state index in [2.05, 4.69) is 25.6 Å². The Bertz CT molecular complexity index is 844. The summed E-state index contributed by atoms with van der Waals surface area (Å²) in [6.45, 7) is 0.674. The van der Waals surface area contributed by atoms with Crippen molar-refractivity contribution >= 4 is 34.8 Å². The highest BCUT2D eigenvalue weighted by molar-refractivity contribution is 8.00. The van der Waals surface area contributed by atoms with E-state index < -0.39 is 0 Å². The van der Waals surface area contributed by atoms with Gasteiger partial charge in [0.15, 0.2) is 5.82 Å². The normalized spacial score (nSPS) is 13.7. The monoisotopic (exact) mass is 326 g/mol. The third kappa shape index (κ3) is 2.85. The molecule has 0 saturated heterocycles. The molecule has 0 atom stereocenters. The van der Waals surface area contributed by atoms with Crippen molar-refractivity contribution < 1.29 is 4.79 Å². The maximum atomic E-state index is 11.5.